The van der Waals surface area contributed by atoms with E-state index in [2.05, 4.69) is 56.4 Å². The average molecular weight is 478 g/mol. The van der Waals surface area contributed by atoms with Crippen molar-refractivity contribution in [2.24, 2.45) is 11.8 Å². The van der Waals surface area contributed by atoms with Crippen LogP contribution in [0.3, 0.4) is 0 Å². The van der Waals surface area contributed by atoms with Crippen molar-refractivity contribution in [1.29, 1.82) is 0 Å². The second-order valence-electron chi connectivity index (χ2n) is 11.0. The second-order valence-corrected chi connectivity index (χ2v) is 11.0. The molecule has 0 atom stereocenters. The molecule has 1 saturated carbocycles. The first-order valence-corrected chi connectivity index (χ1v) is 15.0. The van der Waals surface area contributed by atoms with Gasteiger partial charge in [0.2, 0.25) is 0 Å². The van der Waals surface area contributed by atoms with Crippen molar-refractivity contribution in [2.75, 3.05) is 6.61 Å². The first-order chi connectivity index (χ1) is 17.3. The molecule has 0 spiro atoms. The molecule has 1 fully saturated rings. The minimum Gasteiger partial charge on any atom is -0.494 e. The van der Waals surface area contributed by atoms with Crippen molar-refractivity contribution >= 4 is 0 Å². The molecule has 0 amide bonds. The van der Waals surface area contributed by atoms with Crippen LogP contribution in [0, 0.1) is 11.8 Å². The van der Waals surface area contributed by atoms with Gasteiger partial charge in [0.25, 0.3) is 0 Å². The van der Waals surface area contributed by atoms with E-state index in [-0.39, 0.29) is 0 Å². The molecule has 0 aliphatic heterocycles. The Hall–Kier alpha value is -1.83. The van der Waals surface area contributed by atoms with Crippen molar-refractivity contribution in [1.82, 2.24) is 4.98 Å². The quantitative estimate of drug-likeness (QED) is 0.211. The van der Waals surface area contributed by atoms with Gasteiger partial charge in [0.15, 0.2) is 0 Å². The number of hydrogen-bond acceptors (Lipinski definition) is 2. The molecule has 35 heavy (non-hydrogen) atoms. The van der Waals surface area contributed by atoms with E-state index >= 15 is 0 Å². The number of pyridine rings is 1. The zero-order chi connectivity index (χ0) is 24.6. The van der Waals surface area contributed by atoms with Gasteiger partial charge in [-0.2, -0.15) is 0 Å². The Bertz CT molecular complexity index is 774. The van der Waals surface area contributed by atoms with Crippen molar-refractivity contribution in [3.8, 4) is 17.0 Å². The van der Waals surface area contributed by atoms with E-state index in [4.69, 9.17) is 9.72 Å². The summed E-state index contributed by atoms with van der Waals surface area (Å²) in [6.07, 6.45) is 25.2. The van der Waals surface area contributed by atoms with Crippen LogP contribution in [0.1, 0.15) is 122 Å². The molecule has 1 aliphatic carbocycles. The van der Waals surface area contributed by atoms with Crippen LogP contribution in [0.5, 0.6) is 5.75 Å². The van der Waals surface area contributed by atoms with Gasteiger partial charge in [-0.3, -0.25) is 4.98 Å². The predicted octanol–water partition coefficient (Wildman–Crippen LogP) is 10.2. The summed E-state index contributed by atoms with van der Waals surface area (Å²) in [5.74, 6) is 2.91. The molecule has 0 radical (unpaired) electrons. The molecular formula is C33H51NO. The molecule has 1 heterocycles. The maximum Gasteiger partial charge on any atom is 0.119 e. The molecule has 2 heteroatoms. The number of hydrogen-bond donors (Lipinski definition) is 0. The minimum atomic E-state index is 0.833. The van der Waals surface area contributed by atoms with E-state index in [1.54, 1.807) is 0 Å². The number of ether oxygens (including phenoxy) is 1. The highest BCUT2D eigenvalue weighted by atomic mass is 16.5. The SMILES string of the molecule is CCCCCCCCCCc1ccc(-c2ccc(OCCC[C@H]3CC[C@H](CCC)CC3)cc2)nc1. The Morgan fingerprint density at radius 2 is 1.34 bits per heavy atom. The number of nitrogens with zero attached hydrogens (tertiary/aromatic N) is 1. The Morgan fingerprint density at radius 3 is 1.97 bits per heavy atom. The topological polar surface area (TPSA) is 22.1 Å². The van der Waals surface area contributed by atoms with Crippen molar-refractivity contribution < 1.29 is 4.74 Å². The summed E-state index contributed by atoms with van der Waals surface area (Å²) in [4.78, 5) is 4.73. The summed E-state index contributed by atoms with van der Waals surface area (Å²) in [6, 6.07) is 12.9. The van der Waals surface area contributed by atoms with Crippen LogP contribution in [0.25, 0.3) is 11.3 Å². The fourth-order valence-electron chi connectivity index (χ4n) is 5.71. The number of aryl methyl sites for hydroxylation is 1. The highest BCUT2D eigenvalue weighted by Crippen LogP contribution is 2.33. The van der Waals surface area contributed by atoms with E-state index < -0.39 is 0 Å². The van der Waals surface area contributed by atoms with E-state index in [9.17, 15) is 0 Å². The van der Waals surface area contributed by atoms with Gasteiger partial charge < -0.3 is 4.74 Å². The van der Waals surface area contributed by atoms with Crippen LogP contribution in [0.15, 0.2) is 42.6 Å². The number of aromatic nitrogens is 1. The zero-order valence-corrected chi connectivity index (χ0v) is 22.8. The lowest BCUT2D eigenvalue weighted by Gasteiger charge is -2.28. The highest BCUT2D eigenvalue weighted by molar-refractivity contribution is 5.60. The van der Waals surface area contributed by atoms with E-state index in [1.807, 2.05) is 0 Å². The summed E-state index contributed by atoms with van der Waals surface area (Å²) < 4.78 is 6.04. The third-order valence-electron chi connectivity index (χ3n) is 7.98. The molecule has 194 valence electrons. The Kier molecular flexibility index (Phi) is 13.3. The summed E-state index contributed by atoms with van der Waals surface area (Å²) in [5, 5.41) is 0. The van der Waals surface area contributed by atoms with Crippen LogP contribution < -0.4 is 4.74 Å². The summed E-state index contributed by atoms with van der Waals surface area (Å²) in [5.41, 5.74) is 3.58. The molecule has 1 aromatic carbocycles. The van der Waals surface area contributed by atoms with Crippen LogP contribution in [-0.4, -0.2) is 11.6 Å². The van der Waals surface area contributed by atoms with Crippen molar-refractivity contribution in [2.45, 2.75) is 123 Å². The van der Waals surface area contributed by atoms with E-state index in [1.165, 1.54) is 114 Å². The number of benzene rings is 1. The van der Waals surface area contributed by atoms with Gasteiger partial charge in [-0.05, 0) is 73.4 Å². The van der Waals surface area contributed by atoms with Crippen LogP contribution in [0.4, 0.5) is 0 Å². The Balaban J connectivity index is 1.29. The normalized spacial score (nSPS) is 18.0. The molecule has 2 aromatic rings. The molecule has 1 aliphatic rings. The summed E-state index contributed by atoms with van der Waals surface area (Å²) >= 11 is 0. The van der Waals surface area contributed by atoms with Crippen LogP contribution in [0.2, 0.25) is 0 Å². The first kappa shape index (κ1) is 27.8. The highest BCUT2D eigenvalue weighted by Gasteiger charge is 2.20. The number of rotatable bonds is 17. The lowest BCUT2D eigenvalue weighted by molar-refractivity contribution is 0.230. The molecule has 0 saturated heterocycles. The summed E-state index contributed by atoms with van der Waals surface area (Å²) in [7, 11) is 0. The summed E-state index contributed by atoms with van der Waals surface area (Å²) in [6.45, 7) is 5.44. The molecule has 3 rings (SSSR count). The van der Waals surface area contributed by atoms with Gasteiger partial charge in [0, 0.05) is 11.8 Å². The molecular weight excluding hydrogens is 426 g/mol. The lowest BCUT2D eigenvalue weighted by atomic mass is 9.78. The molecule has 0 N–H and O–H groups in total. The van der Waals surface area contributed by atoms with Gasteiger partial charge >= 0.3 is 0 Å². The monoisotopic (exact) mass is 477 g/mol. The average Bonchev–Trinajstić information content (AvgIpc) is 2.90. The van der Waals surface area contributed by atoms with E-state index in [0.717, 1.165) is 36.3 Å². The fourth-order valence-corrected chi connectivity index (χ4v) is 5.71. The van der Waals surface area contributed by atoms with E-state index in [0.29, 0.717) is 0 Å². The Morgan fingerprint density at radius 1 is 0.686 bits per heavy atom. The fraction of sp³-hybridized carbons (Fsp3) is 0.667. The maximum atomic E-state index is 6.04. The third kappa shape index (κ3) is 10.8. The second kappa shape index (κ2) is 16.8. The minimum absolute atomic E-state index is 0.833. The predicted molar refractivity (Wildman–Crippen MR) is 151 cm³/mol. The molecule has 0 unspecified atom stereocenters. The van der Waals surface area contributed by atoms with Gasteiger partial charge in [0.1, 0.15) is 5.75 Å². The molecule has 2 nitrogen and oxygen atoms in total. The maximum absolute atomic E-state index is 6.04. The molecule has 1 aromatic heterocycles. The van der Waals surface area contributed by atoms with Crippen molar-refractivity contribution in [3.05, 3.63) is 48.2 Å². The molecule has 0 bridgehead atoms. The zero-order valence-electron chi connectivity index (χ0n) is 22.8. The van der Waals surface area contributed by atoms with Gasteiger partial charge in [-0.25, -0.2) is 0 Å². The smallest absolute Gasteiger partial charge is 0.119 e. The van der Waals surface area contributed by atoms with Crippen LogP contribution in [-0.2, 0) is 6.42 Å². The standard InChI is InChI=1S/C33H51NO/c1-3-5-6-7-8-9-10-11-14-30-20-25-33(34-27-30)31-21-23-32(24-22-31)35-26-12-15-29-18-16-28(13-4-2)17-19-29/h20-25,27-29H,3-19,26H2,1-2H3/t28-,29-. The number of unbranched alkanes of at least 4 members (excludes halogenated alkanes) is 7. The van der Waals surface area contributed by atoms with Gasteiger partial charge in [-0.1, -0.05) is 103 Å². The van der Waals surface area contributed by atoms with Gasteiger partial charge in [-0.15, -0.1) is 0 Å². The first-order valence-electron chi connectivity index (χ1n) is 15.0. The lowest BCUT2D eigenvalue weighted by Crippen LogP contribution is -2.15. The largest absolute Gasteiger partial charge is 0.494 e. The Labute approximate surface area is 216 Å². The van der Waals surface area contributed by atoms with Crippen molar-refractivity contribution in [3.63, 3.8) is 0 Å². The van der Waals surface area contributed by atoms with Crippen LogP contribution >= 0.6 is 0 Å². The van der Waals surface area contributed by atoms with Gasteiger partial charge in [0.05, 0.1) is 12.3 Å². The third-order valence-corrected chi connectivity index (χ3v) is 7.98.